The van der Waals surface area contributed by atoms with E-state index in [1.807, 2.05) is 6.08 Å². The van der Waals surface area contributed by atoms with Crippen LogP contribution in [0.15, 0.2) is 255 Å². The van der Waals surface area contributed by atoms with Gasteiger partial charge in [-0.2, -0.15) is 0 Å². The fourth-order valence-corrected chi connectivity index (χ4v) is 7.80. The largest absolute Gasteiger partial charge is 0.311 e. The molecule has 0 saturated heterocycles. The van der Waals surface area contributed by atoms with Crippen LogP contribution in [0, 0.1) is 0 Å². The molecule has 0 fully saturated rings. The number of hydrogen-bond acceptors (Lipinski definition) is 1. The normalized spacial score (nSPS) is 11.7. The second kappa shape index (κ2) is 17.2. The molecular formula is C58H43N. The zero-order chi connectivity index (χ0) is 39.8. The summed E-state index contributed by atoms with van der Waals surface area (Å²) >= 11 is 0. The Bertz CT molecular complexity index is 2860. The van der Waals surface area contributed by atoms with Crippen molar-refractivity contribution in [2.75, 3.05) is 4.90 Å². The Labute approximate surface area is 347 Å². The summed E-state index contributed by atoms with van der Waals surface area (Å²) in [6, 6.07) is 82.1. The minimum atomic E-state index is 0.959. The summed E-state index contributed by atoms with van der Waals surface area (Å²) in [5.74, 6) is 0. The van der Waals surface area contributed by atoms with Crippen molar-refractivity contribution in [1.82, 2.24) is 0 Å². The molecule has 0 atom stereocenters. The van der Waals surface area contributed by atoms with E-state index in [1.165, 1.54) is 55.3 Å². The lowest BCUT2D eigenvalue weighted by molar-refractivity contribution is 1.21. The molecule has 0 heterocycles. The van der Waals surface area contributed by atoms with Crippen LogP contribution in [0.3, 0.4) is 0 Å². The summed E-state index contributed by atoms with van der Waals surface area (Å²) in [4.78, 5) is 2.30. The quantitative estimate of drug-likeness (QED) is 0.0939. The molecule has 280 valence electrons. The Morgan fingerprint density at radius 2 is 0.797 bits per heavy atom. The van der Waals surface area contributed by atoms with Gasteiger partial charge in [0, 0.05) is 17.1 Å². The van der Waals surface area contributed by atoms with Gasteiger partial charge in [-0.1, -0.05) is 213 Å². The van der Waals surface area contributed by atoms with Crippen molar-refractivity contribution in [2.45, 2.75) is 0 Å². The predicted molar refractivity (Wildman–Crippen MR) is 253 cm³/mol. The van der Waals surface area contributed by atoms with Crippen LogP contribution < -0.4 is 4.90 Å². The van der Waals surface area contributed by atoms with Crippen LogP contribution in [0.5, 0.6) is 0 Å². The standard InChI is InChI=1S/C58H43N/c1-2-54(42-53(46-19-10-5-11-20-46)41-43-25-27-47(28-26-43)49-31-29-48(30-32-49)44-15-6-3-7-16-44)59(55-37-33-50(34-38-55)45-17-8-4-9-18-45)56-39-35-52(36-40-56)58-24-14-22-51-21-12-13-23-57(51)58/h2-42H,1H2/b53-41-,54-42+. The third-order valence-corrected chi connectivity index (χ3v) is 10.9. The first-order valence-electron chi connectivity index (χ1n) is 20.1. The van der Waals surface area contributed by atoms with Crippen molar-refractivity contribution in [1.29, 1.82) is 0 Å². The van der Waals surface area contributed by atoms with E-state index in [0.29, 0.717) is 0 Å². The highest BCUT2D eigenvalue weighted by Gasteiger charge is 2.16. The first kappa shape index (κ1) is 36.9. The lowest BCUT2D eigenvalue weighted by Gasteiger charge is -2.27. The summed E-state index contributed by atoms with van der Waals surface area (Å²) < 4.78 is 0. The lowest BCUT2D eigenvalue weighted by Crippen LogP contribution is -2.15. The first-order chi connectivity index (χ1) is 29.2. The maximum Gasteiger partial charge on any atom is 0.0462 e. The Balaban J connectivity index is 1.10. The van der Waals surface area contributed by atoms with Crippen LogP contribution in [0.4, 0.5) is 11.4 Å². The summed E-state index contributed by atoms with van der Waals surface area (Å²) in [6.07, 6.45) is 6.48. The highest BCUT2D eigenvalue weighted by molar-refractivity contribution is 5.97. The molecule has 0 unspecified atom stereocenters. The van der Waals surface area contributed by atoms with Crippen molar-refractivity contribution in [2.24, 2.45) is 0 Å². The van der Waals surface area contributed by atoms with Gasteiger partial charge < -0.3 is 4.90 Å². The molecule has 0 radical (unpaired) electrons. The number of benzene rings is 9. The van der Waals surface area contributed by atoms with Crippen LogP contribution in [0.1, 0.15) is 11.1 Å². The predicted octanol–water partition coefficient (Wildman–Crippen LogP) is 16.0. The first-order valence-corrected chi connectivity index (χ1v) is 20.1. The van der Waals surface area contributed by atoms with Gasteiger partial charge in [-0.05, 0) is 114 Å². The fraction of sp³-hybridized carbons (Fsp3) is 0. The minimum Gasteiger partial charge on any atom is -0.311 e. The minimum absolute atomic E-state index is 0.959. The molecule has 0 aliphatic carbocycles. The number of fused-ring (bicyclic) bond motifs is 1. The van der Waals surface area contributed by atoms with Gasteiger partial charge in [-0.3, -0.25) is 0 Å². The van der Waals surface area contributed by atoms with E-state index in [4.69, 9.17) is 0 Å². The lowest BCUT2D eigenvalue weighted by atomic mass is 9.97. The molecular weight excluding hydrogens is 711 g/mol. The molecule has 1 heteroatoms. The maximum absolute atomic E-state index is 4.38. The Morgan fingerprint density at radius 3 is 1.34 bits per heavy atom. The Kier molecular flexibility index (Phi) is 10.7. The average molecular weight is 754 g/mol. The average Bonchev–Trinajstić information content (AvgIpc) is 3.32. The third kappa shape index (κ3) is 8.23. The van der Waals surface area contributed by atoms with E-state index < -0.39 is 0 Å². The smallest absolute Gasteiger partial charge is 0.0462 e. The van der Waals surface area contributed by atoms with Crippen molar-refractivity contribution in [3.8, 4) is 44.5 Å². The van der Waals surface area contributed by atoms with Gasteiger partial charge in [-0.15, -0.1) is 0 Å². The Hall–Kier alpha value is -7.74. The van der Waals surface area contributed by atoms with E-state index in [2.05, 4.69) is 254 Å². The van der Waals surface area contributed by atoms with Crippen molar-refractivity contribution in [3.63, 3.8) is 0 Å². The topological polar surface area (TPSA) is 3.24 Å². The number of allylic oxidation sites excluding steroid dienone is 3. The molecule has 0 aromatic heterocycles. The molecule has 9 rings (SSSR count). The van der Waals surface area contributed by atoms with Gasteiger partial charge in [0.2, 0.25) is 0 Å². The SMILES string of the molecule is C=C/C(=C\C(=C\c1ccc(-c2ccc(-c3ccccc3)cc2)cc1)c1ccccc1)N(c1ccc(-c2ccccc2)cc1)c1ccc(-c2cccc3ccccc23)cc1. The second-order valence-electron chi connectivity index (χ2n) is 14.6. The molecule has 0 saturated carbocycles. The van der Waals surface area contributed by atoms with E-state index >= 15 is 0 Å². The third-order valence-electron chi connectivity index (χ3n) is 10.9. The fourth-order valence-electron chi connectivity index (χ4n) is 7.80. The summed E-state index contributed by atoms with van der Waals surface area (Å²) in [5, 5.41) is 2.48. The highest BCUT2D eigenvalue weighted by atomic mass is 15.1. The number of nitrogens with zero attached hydrogens (tertiary/aromatic N) is 1. The molecule has 9 aromatic rings. The molecule has 0 bridgehead atoms. The van der Waals surface area contributed by atoms with Crippen LogP contribution in [-0.2, 0) is 0 Å². The molecule has 9 aromatic carbocycles. The van der Waals surface area contributed by atoms with Gasteiger partial charge in [0.1, 0.15) is 0 Å². The monoisotopic (exact) mass is 753 g/mol. The number of rotatable bonds is 11. The van der Waals surface area contributed by atoms with Gasteiger partial charge in [0.25, 0.3) is 0 Å². The van der Waals surface area contributed by atoms with Gasteiger partial charge in [0.15, 0.2) is 0 Å². The van der Waals surface area contributed by atoms with E-state index in [1.54, 1.807) is 0 Å². The molecule has 0 amide bonds. The summed E-state index contributed by atoms with van der Waals surface area (Å²) in [6.45, 7) is 4.38. The van der Waals surface area contributed by atoms with Crippen LogP contribution >= 0.6 is 0 Å². The van der Waals surface area contributed by atoms with Gasteiger partial charge in [0.05, 0.1) is 0 Å². The molecule has 0 aliphatic heterocycles. The number of anilines is 2. The zero-order valence-corrected chi connectivity index (χ0v) is 32.8. The van der Waals surface area contributed by atoms with E-state index in [0.717, 1.165) is 33.8 Å². The molecule has 1 nitrogen and oxygen atoms in total. The Morgan fingerprint density at radius 1 is 0.373 bits per heavy atom. The van der Waals surface area contributed by atoms with Crippen molar-refractivity contribution in [3.05, 3.63) is 266 Å². The molecule has 0 N–H and O–H groups in total. The van der Waals surface area contributed by atoms with Gasteiger partial charge >= 0.3 is 0 Å². The second-order valence-corrected chi connectivity index (χ2v) is 14.6. The number of hydrogen-bond donors (Lipinski definition) is 0. The van der Waals surface area contributed by atoms with Crippen LogP contribution in [-0.4, -0.2) is 0 Å². The maximum atomic E-state index is 4.38. The zero-order valence-electron chi connectivity index (χ0n) is 32.8. The molecule has 0 spiro atoms. The molecule has 0 aliphatic rings. The summed E-state index contributed by atoms with van der Waals surface area (Å²) in [7, 11) is 0. The molecule has 59 heavy (non-hydrogen) atoms. The van der Waals surface area contributed by atoms with Gasteiger partial charge in [-0.25, -0.2) is 0 Å². The van der Waals surface area contributed by atoms with Crippen molar-refractivity contribution < 1.29 is 0 Å². The van der Waals surface area contributed by atoms with E-state index in [9.17, 15) is 0 Å². The van der Waals surface area contributed by atoms with Crippen LogP contribution in [0.25, 0.3) is 66.9 Å². The van der Waals surface area contributed by atoms with Crippen molar-refractivity contribution >= 4 is 33.8 Å². The van der Waals surface area contributed by atoms with Crippen LogP contribution in [0.2, 0.25) is 0 Å². The summed E-state index contributed by atoms with van der Waals surface area (Å²) in [5.41, 5.74) is 15.9. The highest BCUT2D eigenvalue weighted by Crippen LogP contribution is 2.37. The van der Waals surface area contributed by atoms with E-state index in [-0.39, 0.29) is 0 Å².